The summed E-state index contributed by atoms with van der Waals surface area (Å²) in [6.07, 6.45) is -4.53. The highest BCUT2D eigenvalue weighted by molar-refractivity contribution is 5.90. The average molecular weight is 685 g/mol. The zero-order chi connectivity index (χ0) is 34.4. The lowest BCUT2D eigenvalue weighted by Gasteiger charge is -2.33. The zero-order valence-corrected chi connectivity index (χ0v) is 25.2. The van der Waals surface area contributed by atoms with E-state index in [0.29, 0.717) is 13.2 Å². The van der Waals surface area contributed by atoms with E-state index in [0.717, 1.165) is 37.8 Å². The molecule has 15 heteroatoms. The molecule has 0 aromatic heterocycles. The molecule has 2 aromatic rings. The number of hydrogen-bond acceptors (Lipinski definition) is 6. The molecule has 1 aliphatic heterocycles. The number of halogens is 9. The van der Waals surface area contributed by atoms with Crippen molar-refractivity contribution >= 4 is 5.97 Å². The molecule has 1 aliphatic carbocycles. The van der Waals surface area contributed by atoms with Crippen molar-refractivity contribution in [2.24, 2.45) is 11.8 Å². The fraction of sp³-hybridized carbons (Fsp3) is 0.531. The third kappa shape index (κ3) is 10.0. The van der Waals surface area contributed by atoms with Crippen LogP contribution < -0.4 is 9.47 Å². The van der Waals surface area contributed by atoms with Gasteiger partial charge in [-0.25, -0.2) is 22.4 Å². The molecule has 2 aliphatic rings. The Kier molecular flexibility index (Phi) is 12.1. The molecule has 0 N–H and O–H groups in total. The molecule has 0 bridgehead atoms. The van der Waals surface area contributed by atoms with Gasteiger partial charge in [0.1, 0.15) is 29.1 Å². The number of benzene rings is 2. The lowest BCUT2D eigenvalue weighted by Crippen LogP contribution is -2.39. The Hall–Kier alpha value is -3.46. The van der Waals surface area contributed by atoms with E-state index < -0.39 is 77.1 Å². The predicted octanol–water partition coefficient (Wildman–Crippen LogP) is 9.33. The van der Waals surface area contributed by atoms with E-state index in [4.69, 9.17) is 14.2 Å². The number of hydrogen-bond donors (Lipinski definition) is 0. The van der Waals surface area contributed by atoms with Crippen LogP contribution in [0, 0.1) is 35.1 Å². The third-order valence-electron chi connectivity index (χ3n) is 7.84. The number of esters is 1. The Morgan fingerprint density at radius 1 is 0.851 bits per heavy atom. The van der Waals surface area contributed by atoms with Gasteiger partial charge in [-0.2, -0.15) is 8.78 Å². The molecular weight excluding hydrogens is 651 g/mol. The van der Waals surface area contributed by atoms with Crippen LogP contribution in [-0.2, 0) is 14.2 Å². The number of ether oxygens (including phenoxy) is 5. The second-order valence-corrected chi connectivity index (χ2v) is 11.4. The molecule has 0 atom stereocenters. The van der Waals surface area contributed by atoms with Gasteiger partial charge in [0, 0.05) is 23.6 Å². The lowest BCUT2D eigenvalue weighted by molar-refractivity contribution is -0.276. The van der Waals surface area contributed by atoms with E-state index in [1.807, 2.05) is 13.0 Å². The Morgan fingerprint density at radius 2 is 1.45 bits per heavy atom. The molecule has 6 nitrogen and oxygen atoms in total. The van der Waals surface area contributed by atoms with Crippen molar-refractivity contribution in [3.63, 3.8) is 0 Å². The van der Waals surface area contributed by atoms with Crippen molar-refractivity contribution < 1.29 is 68.0 Å². The molecule has 2 aromatic carbocycles. The third-order valence-corrected chi connectivity index (χ3v) is 7.84. The molecular formula is C32H33F9O6. The van der Waals surface area contributed by atoms with Crippen LogP contribution in [0.4, 0.5) is 39.5 Å². The van der Waals surface area contributed by atoms with E-state index in [1.54, 1.807) is 0 Å². The number of carbonyl (C=O) groups excluding carboxylic acids is 1. The number of rotatable bonds is 12. The highest BCUT2D eigenvalue weighted by atomic mass is 19.4. The number of alkyl halides is 5. The van der Waals surface area contributed by atoms with Crippen molar-refractivity contribution in [2.45, 2.75) is 83.2 Å². The normalized spacial score (nSPS) is 22.3. The molecule has 0 radical (unpaired) electrons. The van der Waals surface area contributed by atoms with Gasteiger partial charge in [0.25, 0.3) is 0 Å². The molecule has 0 spiro atoms. The maximum atomic E-state index is 14.9. The standard InChI is InChI=1S/C32H33F9O6/c1-2-3-4-5-6-7-18-16-43-30(44-17-18)19-12-23(33)27(24(34)13-19)29(42)45-21-10-8-20(9-11-21)31(37,38)46-22-14-25(35)28(26(36)15-22)47-32(39,40)41/h2-3,12-15,18,20-21,30H,4-11,16-17H2,1H3/b3-2+. The lowest BCUT2D eigenvalue weighted by atomic mass is 9.86. The highest BCUT2D eigenvalue weighted by Crippen LogP contribution is 2.41. The quantitative estimate of drug-likeness (QED) is 0.0962. The summed E-state index contributed by atoms with van der Waals surface area (Å²) in [5.74, 6) is -11.9. The molecule has 47 heavy (non-hydrogen) atoms. The Morgan fingerprint density at radius 3 is 2.00 bits per heavy atom. The van der Waals surface area contributed by atoms with Crippen LogP contribution in [0.15, 0.2) is 36.4 Å². The predicted molar refractivity (Wildman–Crippen MR) is 148 cm³/mol. The summed E-state index contributed by atoms with van der Waals surface area (Å²) in [4.78, 5) is 12.7. The molecule has 0 unspecified atom stereocenters. The van der Waals surface area contributed by atoms with Gasteiger partial charge in [-0.1, -0.05) is 18.6 Å². The maximum absolute atomic E-state index is 14.9. The van der Waals surface area contributed by atoms with Crippen LogP contribution in [-0.4, -0.2) is 37.8 Å². The SMILES string of the molecule is C/C=C/CCCCC1COC(c2cc(F)c(C(=O)OC3CCC(C(F)(F)Oc4cc(F)c(OC(F)(F)F)c(F)c4)CC3)c(F)c2)OC1. The van der Waals surface area contributed by atoms with Crippen LogP contribution in [0.2, 0.25) is 0 Å². The Labute approximate surface area is 264 Å². The number of carbonyl (C=O) groups is 1. The van der Waals surface area contributed by atoms with E-state index in [2.05, 4.69) is 15.5 Å². The highest BCUT2D eigenvalue weighted by Gasteiger charge is 2.45. The summed E-state index contributed by atoms with van der Waals surface area (Å²) >= 11 is 0. The first kappa shape index (κ1) is 36.4. The molecule has 260 valence electrons. The molecule has 1 saturated carbocycles. The summed E-state index contributed by atoms with van der Waals surface area (Å²) in [5.41, 5.74) is -0.936. The van der Waals surface area contributed by atoms with Crippen molar-refractivity contribution in [1.82, 2.24) is 0 Å². The van der Waals surface area contributed by atoms with Crippen LogP contribution in [0.1, 0.15) is 80.5 Å². The first-order chi connectivity index (χ1) is 22.2. The van der Waals surface area contributed by atoms with Gasteiger partial charge in [0.2, 0.25) is 5.75 Å². The molecule has 4 rings (SSSR count). The van der Waals surface area contributed by atoms with Gasteiger partial charge < -0.3 is 23.7 Å². The average Bonchev–Trinajstić information content (AvgIpc) is 2.98. The molecule has 2 fully saturated rings. The first-order valence-electron chi connectivity index (χ1n) is 15.0. The van der Waals surface area contributed by atoms with Crippen LogP contribution in [0.25, 0.3) is 0 Å². The van der Waals surface area contributed by atoms with Crippen LogP contribution in [0.3, 0.4) is 0 Å². The first-order valence-corrected chi connectivity index (χ1v) is 15.0. The van der Waals surface area contributed by atoms with Gasteiger partial charge >= 0.3 is 18.4 Å². The van der Waals surface area contributed by atoms with Gasteiger partial charge in [0.15, 0.2) is 17.9 Å². The fourth-order valence-corrected chi connectivity index (χ4v) is 5.46. The van der Waals surface area contributed by atoms with E-state index in [-0.39, 0.29) is 49.3 Å². The van der Waals surface area contributed by atoms with Crippen LogP contribution >= 0.6 is 0 Å². The Bertz CT molecular complexity index is 1350. The minimum absolute atomic E-state index is 0.0353. The topological polar surface area (TPSA) is 63.2 Å². The number of unbranched alkanes of at least 4 members (excludes halogenated alkanes) is 2. The van der Waals surface area contributed by atoms with Crippen molar-refractivity contribution in [3.05, 3.63) is 70.8 Å². The minimum atomic E-state index is -5.42. The van der Waals surface area contributed by atoms with Crippen molar-refractivity contribution in [3.8, 4) is 11.5 Å². The molecule has 1 saturated heterocycles. The van der Waals surface area contributed by atoms with Crippen LogP contribution in [0.5, 0.6) is 11.5 Å². The van der Waals surface area contributed by atoms with E-state index >= 15 is 0 Å². The summed E-state index contributed by atoms with van der Waals surface area (Å²) in [5, 5.41) is 0. The summed E-state index contributed by atoms with van der Waals surface area (Å²) < 4.78 is 148. The van der Waals surface area contributed by atoms with Gasteiger partial charge in [-0.3, -0.25) is 0 Å². The van der Waals surface area contributed by atoms with Crippen molar-refractivity contribution in [1.29, 1.82) is 0 Å². The van der Waals surface area contributed by atoms with E-state index in [9.17, 15) is 44.3 Å². The molecule has 1 heterocycles. The molecule has 0 amide bonds. The largest absolute Gasteiger partial charge is 0.573 e. The summed E-state index contributed by atoms with van der Waals surface area (Å²) in [6, 6.07) is 2.06. The van der Waals surface area contributed by atoms with Gasteiger partial charge in [0.05, 0.1) is 19.1 Å². The second-order valence-electron chi connectivity index (χ2n) is 11.4. The van der Waals surface area contributed by atoms with Crippen molar-refractivity contribution in [2.75, 3.05) is 13.2 Å². The van der Waals surface area contributed by atoms with E-state index in [1.165, 1.54) is 0 Å². The number of allylic oxidation sites excluding steroid dienone is 2. The fourth-order valence-electron chi connectivity index (χ4n) is 5.46. The zero-order valence-electron chi connectivity index (χ0n) is 25.2. The second kappa shape index (κ2) is 15.6. The summed E-state index contributed by atoms with van der Waals surface area (Å²) in [6.45, 7) is 2.63. The monoisotopic (exact) mass is 684 g/mol. The smallest absolute Gasteiger partial charge is 0.459 e. The minimum Gasteiger partial charge on any atom is -0.459 e. The Balaban J connectivity index is 1.28. The summed E-state index contributed by atoms with van der Waals surface area (Å²) in [7, 11) is 0. The maximum Gasteiger partial charge on any atom is 0.573 e. The van der Waals surface area contributed by atoms with Gasteiger partial charge in [-0.05, 0) is 64.0 Å². The van der Waals surface area contributed by atoms with Gasteiger partial charge in [-0.15, -0.1) is 13.2 Å².